The van der Waals surface area contributed by atoms with Crippen molar-refractivity contribution in [2.45, 2.75) is 59.2 Å². The van der Waals surface area contributed by atoms with Crippen LogP contribution in [0.4, 0.5) is 16.2 Å². The lowest BCUT2D eigenvalue weighted by atomic mass is 9.86. The van der Waals surface area contributed by atoms with Gasteiger partial charge in [0, 0.05) is 55.1 Å². The molecule has 2 unspecified atom stereocenters. The molecule has 0 saturated carbocycles. The second-order valence-corrected chi connectivity index (χ2v) is 11.8. The number of carbonyl (C=O) groups is 1. The number of rotatable bonds is 7. The minimum Gasteiger partial charge on any atom is -0.493 e. The maximum atomic E-state index is 13.2. The minimum absolute atomic E-state index is 0.257. The number of methoxy groups -OCH3 is 1. The molecule has 4 heterocycles. The first-order valence-corrected chi connectivity index (χ1v) is 15.9. The van der Waals surface area contributed by atoms with Gasteiger partial charge in [-0.2, -0.15) is 5.26 Å². The van der Waals surface area contributed by atoms with E-state index >= 15 is 0 Å². The van der Waals surface area contributed by atoms with Crippen molar-refractivity contribution in [1.82, 2.24) is 20.2 Å². The first kappa shape index (κ1) is 32.8. The molecule has 2 aromatic heterocycles. The third kappa shape index (κ3) is 7.27. The van der Waals surface area contributed by atoms with Crippen LogP contribution in [0.3, 0.4) is 0 Å². The van der Waals surface area contributed by atoms with Gasteiger partial charge in [0.05, 0.1) is 40.3 Å². The topological polar surface area (TPSA) is 122 Å². The molecule has 2 aromatic carbocycles. The first-order chi connectivity index (χ1) is 22.3. The van der Waals surface area contributed by atoms with Crippen LogP contribution in [0.15, 0.2) is 54.9 Å². The Hall–Kier alpha value is -4.59. The lowest BCUT2D eigenvalue weighted by molar-refractivity contribution is 0.0914. The zero-order chi connectivity index (χ0) is 32.8. The van der Waals surface area contributed by atoms with Crippen LogP contribution >= 0.6 is 11.6 Å². The fraction of sp³-hybridized carbons (Fsp3) is 0.371. The number of nitrogens with zero attached hydrogens (tertiary/aromatic N) is 4. The number of nitrogens with one attached hydrogen (secondary N) is 2. The molecule has 0 aliphatic carbocycles. The van der Waals surface area contributed by atoms with Crippen molar-refractivity contribution in [1.29, 1.82) is 5.26 Å². The molecule has 240 valence electrons. The number of amides is 1. The highest BCUT2D eigenvalue weighted by atomic mass is 35.5. The summed E-state index contributed by atoms with van der Waals surface area (Å²) in [6.07, 6.45) is 4.85. The van der Waals surface area contributed by atoms with Crippen LogP contribution in [-0.2, 0) is 6.61 Å². The van der Waals surface area contributed by atoms with Gasteiger partial charge in [0.25, 0.3) is 0 Å². The number of fused-ring (bicyclic) bond motifs is 3. The van der Waals surface area contributed by atoms with Gasteiger partial charge in [0.15, 0.2) is 11.5 Å². The molecule has 2 aliphatic heterocycles. The standard InChI is InChI=1S/C33H33ClN6O4.C2H6/c1-19-9-22-16-40(17-23(10-19)38-22)33(41)44-31-13-28-25(12-30(31)42-3)32(21(14-35)15-37-28)39-27-7-6-24(11-26(27)34)43-18-29-20(2)5-4-8-36-29;1-2/h4-8,11-13,15,19,22-23,38H,9-10,16-18H2,1-3H3,(H,37,39);1-2H3. The van der Waals surface area contributed by atoms with Gasteiger partial charge in [-0.1, -0.05) is 38.4 Å². The molecular weight excluding hydrogens is 604 g/mol. The van der Waals surface area contributed by atoms with E-state index in [4.69, 9.17) is 25.8 Å². The number of hydrogen-bond donors (Lipinski definition) is 2. The summed E-state index contributed by atoms with van der Waals surface area (Å²) in [5, 5.41) is 17.8. The number of piperazine rings is 1. The molecule has 6 rings (SSSR count). The summed E-state index contributed by atoms with van der Waals surface area (Å²) in [7, 11) is 1.51. The van der Waals surface area contributed by atoms with Crippen molar-refractivity contribution in [2.24, 2.45) is 5.92 Å². The van der Waals surface area contributed by atoms with E-state index in [0.29, 0.717) is 70.0 Å². The Balaban J connectivity index is 0.00000204. The number of aryl methyl sites for hydroxylation is 1. The molecule has 2 bridgehead atoms. The third-order valence-electron chi connectivity index (χ3n) is 8.15. The lowest BCUT2D eigenvalue weighted by Crippen LogP contribution is -2.61. The second-order valence-electron chi connectivity index (χ2n) is 11.4. The molecule has 2 fully saturated rings. The van der Waals surface area contributed by atoms with Crippen molar-refractivity contribution in [3.05, 3.63) is 76.7 Å². The summed E-state index contributed by atoms with van der Waals surface area (Å²) in [6, 6.07) is 15.2. The van der Waals surface area contributed by atoms with Crippen LogP contribution < -0.4 is 24.8 Å². The SMILES string of the molecule is CC.COc1cc2c(Nc3ccc(OCc4ncccc4C)cc3Cl)c(C#N)cnc2cc1OC(=O)N1CC2CC(C)CC(C1)N2. The number of likely N-dealkylation sites (tertiary alicyclic amines) is 1. The number of benzene rings is 2. The second kappa shape index (κ2) is 14.7. The monoisotopic (exact) mass is 642 g/mol. The van der Waals surface area contributed by atoms with Gasteiger partial charge in [0.2, 0.25) is 0 Å². The number of hydrogen-bond acceptors (Lipinski definition) is 9. The molecule has 1 amide bonds. The maximum absolute atomic E-state index is 13.2. The molecule has 2 N–H and O–H groups in total. The van der Waals surface area contributed by atoms with Crippen LogP contribution in [0.5, 0.6) is 17.2 Å². The lowest BCUT2D eigenvalue weighted by Gasteiger charge is -2.44. The van der Waals surface area contributed by atoms with Crippen LogP contribution in [0.1, 0.15) is 50.4 Å². The fourth-order valence-electron chi connectivity index (χ4n) is 6.01. The van der Waals surface area contributed by atoms with Crippen molar-refractivity contribution >= 4 is 40.0 Å². The van der Waals surface area contributed by atoms with Crippen molar-refractivity contribution in [3.8, 4) is 23.3 Å². The Morgan fingerprint density at radius 1 is 1.13 bits per heavy atom. The van der Waals surface area contributed by atoms with Gasteiger partial charge in [-0.3, -0.25) is 9.97 Å². The van der Waals surface area contributed by atoms with E-state index in [0.717, 1.165) is 24.1 Å². The summed E-state index contributed by atoms with van der Waals surface area (Å²) in [5.74, 6) is 1.82. The first-order valence-electron chi connectivity index (χ1n) is 15.5. The molecule has 4 aromatic rings. The molecular formula is C35H39ClN6O4. The zero-order valence-corrected chi connectivity index (χ0v) is 27.5. The van der Waals surface area contributed by atoms with Crippen LogP contribution in [-0.4, -0.2) is 53.2 Å². The highest BCUT2D eigenvalue weighted by Crippen LogP contribution is 2.39. The zero-order valence-electron chi connectivity index (χ0n) is 26.8. The van der Waals surface area contributed by atoms with E-state index in [1.165, 1.54) is 13.3 Å². The summed E-state index contributed by atoms with van der Waals surface area (Å²) < 4.78 is 17.4. The Kier molecular flexibility index (Phi) is 10.5. The molecule has 0 spiro atoms. The summed E-state index contributed by atoms with van der Waals surface area (Å²) in [4.78, 5) is 23.8. The maximum Gasteiger partial charge on any atom is 0.415 e. The van der Waals surface area contributed by atoms with Gasteiger partial charge < -0.3 is 29.7 Å². The predicted molar refractivity (Wildman–Crippen MR) is 179 cm³/mol. The van der Waals surface area contributed by atoms with Crippen molar-refractivity contribution in [2.75, 3.05) is 25.5 Å². The average molecular weight is 643 g/mol. The Labute approximate surface area is 274 Å². The molecule has 46 heavy (non-hydrogen) atoms. The van der Waals surface area contributed by atoms with Crippen molar-refractivity contribution in [3.63, 3.8) is 0 Å². The summed E-state index contributed by atoms with van der Waals surface area (Å²) in [5.41, 5.74) is 3.79. The van der Waals surface area contributed by atoms with E-state index in [2.05, 4.69) is 33.6 Å². The van der Waals surface area contributed by atoms with Gasteiger partial charge in [-0.05, 0) is 55.5 Å². The van der Waals surface area contributed by atoms with E-state index in [1.54, 1.807) is 41.4 Å². The van der Waals surface area contributed by atoms with E-state index in [9.17, 15) is 10.1 Å². The minimum atomic E-state index is -0.423. The van der Waals surface area contributed by atoms with E-state index < -0.39 is 6.09 Å². The molecule has 2 saturated heterocycles. The number of halogens is 1. The van der Waals surface area contributed by atoms with Crippen LogP contribution in [0, 0.1) is 24.2 Å². The summed E-state index contributed by atoms with van der Waals surface area (Å²) >= 11 is 6.65. The van der Waals surface area contributed by atoms with Crippen LogP contribution in [0.2, 0.25) is 5.02 Å². The van der Waals surface area contributed by atoms with E-state index in [1.807, 2.05) is 32.9 Å². The molecule has 11 heteroatoms. The number of pyridine rings is 2. The molecule has 2 atom stereocenters. The Morgan fingerprint density at radius 2 is 1.89 bits per heavy atom. The fourth-order valence-corrected chi connectivity index (χ4v) is 6.23. The average Bonchev–Trinajstić information content (AvgIpc) is 3.05. The smallest absolute Gasteiger partial charge is 0.415 e. The molecule has 2 aliphatic rings. The number of anilines is 2. The summed E-state index contributed by atoms with van der Waals surface area (Å²) in [6.45, 7) is 9.74. The predicted octanol–water partition coefficient (Wildman–Crippen LogP) is 7.39. The van der Waals surface area contributed by atoms with Crippen LogP contribution in [0.25, 0.3) is 10.9 Å². The van der Waals surface area contributed by atoms with Gasteiger partial charge >= 0.3 is 6.09 Å². The van der Waals surface area contributed by atoms with E-state index in [-0.39, 0.29) is 17.8 Å². The number of nitriles is 1. The molecule has 10 nitrogen and oxygen atoms in total. The number of ether oxygens (including phenoxy) is 3. The Morgan fingerprint density at radius 3 is 2.57 bits per heavy atom. The Bertz CT molecular complexity index is 1740. The largest absolute Gasteiger partial charge is 0.493 e. The quantitative estimate of drug-likeness (QED) is 0.212. The van der Waals surface area contributed by atoms with Gasteiger partial charge in [-0.15, -0.1) is 0 Å². The number of aromatic nitrogens is 2. The highest BCUT2D eigenvalue weighted by molar-refractivity contribution is 6.33. The van der Waals surface area contributed by atoms with Crippen molar-refractivity contribution < 1.29 is 19.0 Å². The highest BCUT2D eigenvalue weighted by Gasteiger charge is 2.35. The van der Waals surface area contributed by atoms with Gasteiger partial charge in [0.1, 0.15) is 18.4 Å². The normalized spacial score (nSPS) is 18.5. The number of piperidine rings is 1. The third-order valence-corrected chi connectivity index (χ3v) is 8.46. The van der Waals surface area contributed by atoms with Gasteiger partial charge in [-0.25, -0.2) is 4.79 Å². The number of carbonyl (C=O) groups excluding carboxylic acids is 1. The molecule has 0 radical (unpaired) electrons.